The monoisotopic (exact) mass is 361 g/mol. The summed E-state index contributed by atoms with van der Waals surface area (Å²) in [6.45, 7) is 6.44. The fourth-order valence-electron chi connectivity index (χ4n) is 4.64. The topological polar surface area (TPSA) is 54.9 Å². The van der Waals surface area contributed by atoms with E-state index < -0.39 is 0 Å². The number of amides is 1. The van der Waals surface area contributed by atoms with Gasteiger partial charge in [0, 0.05) is 35.8 Å². The molecule has 2 aliphatic rings. The zero-order chi connectivity index (χ0) is 18.7. The second-order valence-electron chi connectivity index (χ2n) is 7.62. The number of carbonyl (C=O) groups is 1. The quantitative estimate of drug-likeness (QED) is 0.827. The van der Waals surface area contributed by atoms with Gasteiger partial charge in [0.15, 0.2) is 0 Å². The number of carbonyl (C=O) groups excluding carboxylic acids is 1. The van der Waals surface area contributed by atoms with Crippen molar-refractivity contribution in [3.63, 3.8) is 0 Å². The Morgan fingerprint density at radius 2 is 1.77 bits per heavy atom. The molecule has 144 valence electrons. The number of pyridine rings is 1. The molecule has 0 radical (unpaired) electrons. The number of methoxy groups -OCH3 is 2. The predicted molar refractivity (Wildman–Crippen MR) is 101 cm³/mol. The number of hydrogen-bond donors (Lipinski definition) is 0. The summed E-state index contributed by atoms with van der Waals surface area (Å²) in [5.41, 5.74) is 1.14. The summed E-state index contributed by atoms with van der Waals surface area (Å²) >= 11 is 0. The molecule has 1 aromatic heterocycles. The van der Waals surface area contributed by atoms with Crippen molar-refractivity contribution in [2.24, 2.45) is 0 Å². The maximum atomic E-state index is 12.0. The Balaban J connectivity index is 1.57. The van der Waals surface area contributed by atoms with E-state index in [2.05, 4.69) is 29.8 Å². The first-order valence-corrected chi connectivity index (χ1v) is 9.64. The van der Waals surface area contributed by atoms with Crippen molar-refractivity contribution >= 4 is 6.09 Å². The number of nitrogens with zero attached hydrogens (tertiary/aromatic N) is 3. The molecule has 2 unspecified atom stereocenters. The summed E-state index contributed by atoms with van der Waals surface area (Å²) in [5.74, 6) is 1.20. The second-order valence-corrected chi connectivity index (χ2v) is 7.62. The fourth-order valence-corrected chi connectivity index (χ4v) is 4.64. The molecule has 1 aromatic rings. The van der Waals surface area contributed by atoms with E-state index in [1.807, 2.05) is 17.0 Å². The molecule has 0 N–H and O–H groups in total. The third-order valence-corrected chi connectivity index (χ3v) is 5.98. The van der Waals surface area contributed by atoms with E-state index >= 15 is 0 Å². The molecule has 0 saturated carbocycles. The first-order chi connectivity index (χ1) is 12.5. The summed E-state index contributed by atoms with van der Waals surface area (Å²) in [7, 11) is 3.13. The minimum absolute atomic E-state index is 0.203. The summed E-state index contributed by atoms with van der Waals surface area (Å²) in [6.07, 6.45) is 4.08. The van der Waals surface area contributed by atoms with Crippen LogP contribution >= 0.6 is 0 Å². The van der Waals surface area contributed by atoms with Gasteiger partial charge in [0.25, 0.3) is 0 Å². The van der Waals surface area contributed by atoms with Gasteiger partial charge in [-0.3, -0.25) is 0 Å². The van der Waals surface area contributed by atoms with E-state index in [-0.39, 0.29) is 18.2 Å². The molecule has 0 aliphatic carbocycles. The third kappa shape index (κ3) is 3.95. The van der Waals surface area contributed by atoms with Crippen LogP contribution in [-0.4, -0.2) is 66.3 Å². The molecule has 6 nitrogen and oxygen atoms in total. The third-order valence-electron chi connectivity index (χ3n) is 5.98. The van der Waals surface area contributed by atoms with Crippen molar-refractivity contribution in [2.75, 3.05) is 27.3 Å². The average Bonchev–Trinajstić information content (AvgIpc) is 2.67. The lowest BCUT2D eigenvalue weighted by Gasteiger charge is -2.47. The number of hydrogen-bond acceptors (Lipinski definition) is 5. The number of rotatable bonds is 3. The fraction of sp³-hybridized carbons (Fsp3) is 0.700. The first kappa shape index (κ1) is 19.0. The van der Waals surface area contributed by atoms with Gasteiger partial charge < -0.3 is 19.3 Å². The standard InChI is InChI=1S/C20H31N3O3/c1-14-12-17(13-15(2)23(14)20(24)26-4)22-10-8-16(9-11-22)18-6-5-7-19(21-18)25-3/h5-7,14-17H,8-13H2,1-4H3. The Labute approximate surface area is 156 Å². The largest absolute Gasteiger partial charge is 0.481 e. The van der Waals surface area contributed by atoms with E-state index in [0.717, 1.165) is 44.5 Å². The van der Waals surface area contributed by atoms with Gasteiger partial charge in [0.1, 0.15) is 0 Å². The first-order valence-electron chi connectivity index (χ1n) is 9.64. The molecule has 3 rings (SSSR count). The summed E-state index contributed by atoms with van der Waals surface area (Å²) in [4.78, 5) is 21.1. The SMILES string of the molecule is COC(=O)N1C(C)CC(N2CCC(c3cccc(OC)n3)CC2)CC1C. The van der Waals surface area contributed by atoms with Gasteiger partial charge in [-0.25, -0.2) is 9.78 Å². The summed E-state index contributed by atoms with van der Waals surface area (Å²) in [5, 5.41) is 0. The van der Waals surface area contributed by atoms with Gasteiger partial charge in [0.05, 0.1) is 14.2 Å². The van der Waals surface area contributed by atoms with Crippen molar-refractivity contribution in [3.8, 4) is 5.88 Å². The zero-order valence-electron chi connectivity index (χ0n) is 16.4. The van der Waals surface area contributed by atoms with Crippen molar-refractivity contribution in [1.29, 1.82) is 0 Å². The molecule has 6 heteroatoms. The highest BCUT2D eigenvalue weighted by molar-refractivity contribution is 5.68. The molecule has 3 heterocycles. The molecular formula is C20H31N3O3. The Morgan fingerprint density at radius 1 is 1.12 bits per heavy atom. The minimum Gasteiger partial charge on any atom is -0.481 e. The van der Waals surface area contributed by atoms with Crippen LogP contribution in [-0.2, 0) is 4.74 Å². The predicted octanol–water partition coefficient (Wildman–Crippen LogP) is 3.28. The smallest absolute Gasteiger partial charge is 0.409 e. The molecule has 1 amide bonds. The van der Waals surface area contributed by atoms with Crippen LogP contribution in [0.5, 0.6) is 5.88 Å². The van der Waals surface area contributed by atoms with Gasteiger partial charge in [-0.05, 0) is 58.7 Å². The lowest BCUT2D eigenvalue weighted by atomic mass is 9.87. The summed E-state index contributed by atoms with van der Waals surface area (Å²) < 4.78 is 10.2. The molecule has 26 heavy (non-hydrogen) atoms. The Bertz CT molecular complexity index is 604. The van der Waals surface area contributed by atoms with E-state index in [1.165, 1.54) is 7.11 Å². The van der Waals surface area contributed by atoms with Crippen LogP contribution < -0.4 is 4.74 Å². The van der Waals surface area contributed by atoms with E-state index in [0.29, 0.717) is 17.8 Å². The molecule has 0 spiro atoms. The zero-order valence-corrected chi connectivity index (χ0v) is 16.4. The van der Waals surface area contributed by atoms with Crippen LogP contribution in [0.3, 0.4) is 0 Å². The summed E-state index contributed by atoms with van der Waals surface area (Å²) in [6, 6.07) is 7.01. The highest BCUT2D eigenvalue weighted by Gasteiger charge is 2.38. The average molecular weight is 361 g/mol. The van der Waals surface area contributed by atoms with E-state index in [4.69, 9.17) is 9.47 Å². The Morgan fingerprint density at radius 3 is 2.35 bits per heavy atom. The molecule has 2 fully saturated rings. The molecule has 2 atom stereocenters. The highest BCUT2D eigenvalue weighted by atomic mass is 16.5. The van der Waals surface area contributed by atoms with Crippen LogP contribution in [0.15, 0.2) is 18.2 Å². The van der Waals surface area contributed by atoms with Gasteiger partial charge in [0.2, 0.25) is 5.88 Å². The maximum Gasteiger partial charge on any atom is 0.409 e. The lowest BCUT2D eigenvalue weighted by Crippen LogP contribution is -2.56. The van der Waals surface area contributed by atoms with Crippen LogP contribution in [0.4, 0.5) is 4.79 Å². The van der Waals surface area contributed by atoms with Gasteiger partial charge in [-0.1, -0.05) is 6.07 Å². The van der Waals surface area contributed by atoms with Crippen molar-refractivity contribution in [3.05, 3.63) is 23.9 Å². The highest BCUT2D eigenvalue weighted by Crippen LogP contribution is 2.33. The van der Waals surface area contributed by atoms with Crippen LogP contribution in [0.25, 0.3) is 0 Å². The van der Waals surface area contributed by atoms with Crippen molar-refractivity contribution in [2.45, 2.75) is 63.6 Å². The minimum atomic E-state index is -0.203. The van der Waals surface area contributed by atoms with Gasteiger partial charge in [-0.2, -0.15) is 0 Å². The van der Waals surface area contributed by atoms with Gasteiger partial charge >= 0.3 is 6.09 Å². The van der Waals surface area contributed by atoms with Crippen LogP contribution in [0, 0.1) is 0 Å². The molecule has 0 aromatic carbocycles. The number of aromatic nitrogens is 1. The van der Waals surface area contributed by atoms with E-state index in [1.54, 1.807) is 7.11 Å². The molecule has 2 aliphatic heterocycles. The molecular weight excluding hydrogens is 330 g/mol. The van der Waals surface area contributed by atoms with Crippen molar-refractivity contribution < 1.29 is 14.3 Å². The normalized spacial score (nSPS) is 28.0. The Hall–Kier alpha value is -1.82. The second kappa shape index (κ2) is 8.25. The molecule has 0 bridgehead atoms. The molecule has 2 saturated heterocycles. The van der Waals surface area contributed by atoms with Gasteiger partial charge in [-0.15, -0.1) is 0 Å². The van der Waals surface area contributed by atoms with Crippen LogP contribution in [0.1, 0.15) is 51.1 Å². The Kier molecular flexibility index (Phi) is 6.01. The maximum absolute atomic E-state index is 12.0. The lowest BCUT2D eigenvalue weighted by molar-refractivity contribution is 0.0230. The number of ether oxygens (including phenoxy) is 2. The number of piperidine rings is 2. The van der Waals surface area contributed by atoms with Crippen LogP contribution in [0.2, 0.25) is 0 Å². The number of likely N-dealkylation sites (tertiary alicyclic amines) is 2. The van der Waals surface area contributed by atoms with Crippen molar-refractivity contribution in [1.82, 2.24) is 14.8 Å². The van der Waals surface area contributed by atoms with E-state index in [9.17, 15) is 4.79 Å².